The fraction of sp³-hybridized carbons (Fsp3) is 0.0385. The fourth-order valence-electron chi connectivity index (χ4n) is 9.87. The zero-order valence-corrected chi connectivity index (χ0v) is 29.0. The number of H-pyrrole nitrogens is 1. The van der Waals surface area contributed by atoms with Crippen LogP contribution in [0.5, 0.6) is 0 Å². The Kier molecular flexibility index (Phi) is 5.95. The Bertz CT molecular complexity index is 3430. The van der Waals surface area contributed by atoms with Gasteiger partial charge in [-0.15, -0.1) is 0 Å². The lowest BCUT2D eigenvalue weighted by Crippen LogP contribution is -2.27. The van der Waals surface area contributed by atoms with Crippen LogP contribution >= 0.6 is 0 Å². The van der Waals surface area contributed by atoms with Crippen molar-refractivity contribution in [1.29, 1.82) is 0 Å². The molecule has 1 heteroatoms. The molecular formula is C52H33N. The molecule has 0 amide bonds. The minimum absolute atomic E-state index is 0.218. The Balaban J connectivity index is 1.17. The highest BCUT2D eigenvalue weighted by atomic mass is 14.7. The quantitative estimate of drug-likeness (QED) is 0.139. The van der Waals surface area contributed by atoms with Gasteiger partial charge in [0.1, 0.15) is 0 Å². The van der Waals surface area contributed by atoms with Gasteiger partial charge in [0, 0.05) is 27.3 Å². The zero-order chi connectivity index (χ0) is 34.6. The standard InChI is InChI=1S/C52H33N/c1-2-14-34-31(13-1)25-26-32-29-45(37-17-4-6-18-38(37)48(32)34)50-42-22-10-8-20-40(42)49(41-21-9-11-23-43(41)50)33-27-28-47-46(30-33)51-39-19-7-3-15-35(39)36-16-5-12-24-44(36)52(51)53-47/h1-26,28-30,33,53H,27H2. The van der Waals surface area contributed by atoms with Crippen LogP contribution in [0.4, 0.5) is 0 Å². The number of aromatic nitrogens is 1. The number of hydrogen-bond acceptors (Lipinski definition) is 0. The van der Waals surface area contributed by atoms with Gasteiger partial charge in [0.2, 0.25) is 0 Å². The summed E-state index contributed by atoms with van der Waals surface area (Å²) in [5.41, 5.74) is 5.26. The normalized spacial score (nSPS) is 14.5. The Morgan fingerprint density at radius 1 is 0.415 bits per heavy atom. The third-order valence-corrected chi connectivity index (χ3v) is 12.1. The van der Waals surface area contributed by atoms with Crippen molar-refractivity contribution in [3.8, 4) is 11.1 Å². The summed E-state index contributed by atoms with van der Waals surface area (Å²) in [6.45, 7) is 0. The largest absolute Gasteiger partial charge is 0.354 e. The van der Waals surface area contributed by atoms with Crippen LogP contribution in [-0.4, -0.2) is 4.98 Å². The molecule has 0 aliphatic heterocycles. The Labute approximate surface area is 305 Å². The number of benzene rings is 10. The molecule has 12 rings (SSSR count). The van der Waals surface area contributed by atoms with Crippen molar-refractivity contribution < 1.29 is 0 Å². The van der Waals surface area contributed by atoms with Crippen molar-refractivity contribution in [3.63, 3.8) is 0 Å². The van der Waals surface area contributed by atoms with Gasteiger partial charge in [0.05, 0.1) is 5.52 Å². The molecule has 1 atom stereocenters. The molecule has 0 saturated heterocycles. The highest BCUT2D eigenvalue weighted by Gasteiger charge is 2.24. The van der Waals surface area contributed by atoms with Crippen LogP contribution in [0.2, 0.25) is 0 Å². The van der Waals surface area contributed by atoms with Gasteiger partial charge in [-0.1, -0.05) is 170 Å². The highest BCUT2D eigenvalue weighted by molar-refractivity contribution is 6.27. The van der Waals surface area contributed by atoms with E-state index in [0.717, 1.165) is 6.42 Å². The molecule has 0 spiro atoms. The van der Waals surface area contributed by atoms with E-state index in [-0.39, 0.29) is 5.92 Å². The topological polar surface area (TPSA) is 15.8 Å². The second kappa shape index (κ2) is 10.9. The lowest BCUT2D eigenvalue weighted by Gasteiger charge is -2.23. The monoisotopic (exact) mass is 671 g/mol. The Hall–Kier alpha value is -6.70. The predicted octanol–water partition coefficient (Wildman–Crippen LogP) is 12.7. The summed E-state index contributed by atoms with van der Waals surface area (Å²) in [6, 6.07) is 60.9. The lowest BCUT2D eigenvalue weighted by molar-refractivity contribution is 0.937. The number of rotatable bonds is 2. The summed E-state index contributed by atoms with van der Waals surface area (Å²) in [5, 5.41) is 22.1. The first kappa shape index (κ1) is 28.9. The van der Waals surface area contributed by atoms with Gasteiger partial charge in [-0.3, -0.25) is 0 Å². The first-order valence-electron chi connectivity index (χ1n) is 18.7. The van der Waals surface area contributed by atoms with Crippen LogP contribution in [-0.2, 0) is 0 Å². The summed E-state index contributed by atoms with van der Waals surface area (Å²) >= 11 is 0. The molecule has 10 aromatic carbocycles. The van der Waals surface area contributed by atoms with Crippen LogP contribution in [0.15, 0.2) is 164 Å². The van der Waals surface area contributed by atoms with E-state index >= 15 is 0 Å². The van der Waals surface area contributed by atoms with Crippen molar-refractivity contribution in [1.82, 2.24) is 4.98 Å². The van der Waals surface area contributed by atoms with Gasteiger partial charge in [-0.05, 0) is 99.2 Å². The van der Waals surface area contributed by atoms with Crippen molar-refractivity contribution in [2.24, 2.45) is 0 Å². The maximum atomic E-state index is 3.88. The summed E-state index contributed by atoms with van der Waals surface area (Å²) in [6.07, 6.45) is 5.96. The highest BCUT2D eigenvalue weighted by Crippen LogP contribution is 2.47. The first-order chi connectivity index (χ1) is 26.3. The molecule has 1 nitrogen and oxygen atoms in total. The molecule has 0 bridgehead atoms. The van der Waals surface area contributed by atoms with Crippen LogP contribution in [0.3, 0.4) is 0 Å². The molecule has 1 aliphatic carbocycles. The van der Waals surface area contributed by atoms with Gasteiger partial charge in [-0.2, -0.15) is 0 Å². The van der Waals surface area contributed by atoms with Gasteiger partial charge >= 0.3 is 0 Å². The molecular weight excluding hydrogens is 639 g/mol. The van der Waals surface area contributed by atoms with Gasteiger partial charge in [0.25, 0.3) is 0 Å². The van der Waals surface area contributed by atoms with Gasteiger partial charge in [0.15, 0.2) is 0 Å². The maximum absolute atomic E-state index is 3.88. The summed E-state index contributed by atoms with van der Waals surface area (Å²) < 4.78 is 0. The minimum atomic E-state index is 0.218. The predicted molar refractivity (Wildman–Crippen MR) is 228 cm³/mol. The van der Waals surface area contributed by atoms with E-state index in [4.69, 9.17) is 0 Å². The van der Waals surface area contributed by atoms with Crippen LogP contribution < -0.4 is 10.6 Å². The van der Waals surface area contributed by atoms with Crippen molar-refractivity contribution in [2.45, 2.75) is 12.3 Å². The van der Waals surface area contributed by atoms with E-state index in [9.17, 15) is 0 Å². The first-order valence-corrected chi connectivity index (χ1v) is 18.7. The number of hydrogen-bond donors (Lipinski definition) is 1. The lowest BCUT2D eigenvalue weighted by atomic mass is 9.80. The van der Waals surface area contributed by atoms with Gasteiger partial charge in [-0.25, -0.2) is 0 Å². The van der Waals surface area contributed by atoms with Crippen LogP contribution in [0.1, 0.15) is 17.9 Å². The van der Waals surface area contributed by atoms with Crippen LogP contribution in [0.25, 0.3) is 110 Å². The molecule has 1 N–H and O–H groups in total. The van der Waals surface area contributed by atoms with E-state index < -0.39 is 0 Å². The fourth-order valence-corrected chi connectivity index (χ4v) is 9.87. The molecule has 1 unspecified atom stereocenters. The third kappa shape index (κ3) is 4.02. The second-order valence-corrected chi connectivity index (χ2v) is 14.7. The van der Waals surface area contributed by atoms with E-state index in [1.54, 1.807) is 0 Å². The number of aromatic amines is 1. The summed E-state index contributed by atoms with van der Waals surface area (Å²) in [4.78, 5) is 3.88. The molecule has 0 fully saturated rings. The molecule has 53 heavy (non-hydrogen) atoms. The maximum Gasteiger partial charge on any atom is 0.0550 e. The molecule has 1 aliphatic rings. The summed E-state index contributed by atoms with van der Waals surface area (Å²) in [5.74, 6) is 0.218. The molecule has 246 valence electrons. The Morgan fingerprint density at radius 2 is 0.925 bits per heavy atom. The summed E-state index contributed by atoms with van der Waals surface area (Å²) in [7, 11) is 0. The van der Waals surface area contributed by atoms with E-state index in [1.807, 2.05) is 0 Å². The Morgan fingerprint density at radius 3 is 1.62 bits per heavy atom. The van der Waals surface area contributed by atoms with E-state index in [2.05, 4.69) is 181 Å². The number of fused-ring (bicyclic) bond motifs is 15. The SMILES string of the molecule is C1=c2[nH]c3c4ccccc4c4ccccc4c3c2=CC(c2c3ccccc3c(-c3cc4ccc5ccccc5c4c4ccccc34)c3ccccc23)C1. The van der Waals surface area contributed by atoms with Gasteiger partial charge < -0.3 is 4.98 Å². The molecule has 1 aromatic heterocycles. The van der Waals surface area contributed by atoms with Crippen molar-refractivity contribution >= 4 is 98.5 Å². The average molecular weight is 672 g/mol. The zero-order valence-electron chi connectivity index (χ0n) is 29.0. The smallest absolute Gasteiger partial charge is 0.0550 e. The molecule has 11 aromatic rings. The van der Waals surface area contributed by atoms with Crippen molar-refractivity contribution in [3.05, 3.63) is 180 Å². The second-order valence-electron chi connectivity index (χ2n) is 14.7. The van der Waals surface area contributed by atoms with E-state index in [1.165, 1.54) is 114 Å². The molecule has 0 radical (unpaired) electrons. The van der Waals surface area contributed by atoms with E-state index in [0.29, 0.717) is 0 Å². The number of nitrogens with one attached hydrogen (secondary N) is 1. The minimum Gasteiger partial charge on any atom is -0.354 e. The molecule has 0 saturated carbocycles. The van der Waals surface area contributed by atoms with Crippen molar-refractivity contribution in [2.75, 3.05) is 0 Å². The van der Waals surface area contributed by atoms with Crippen LogP contribution in [0, 0.1) is 0 Å². The third-order valence-electron chi connectivity index (χ3n) is 12.1. The molecule has 1 heterocycles. The average Bonchev–Trinajstić information content (AvgIpc) is 3.62.